The molecule has 1 aliphatic rings. The number of nitrogens with zero attached hydrogens (tertiary/aromatic N) is 1. The highest BCUT2D eigenvalue weighted by Gasteiger charge is 2.46. The molecule has 8 heteroatoms. The standard InChI is InChI=1S/C16H28N3O5/c1-15(2)9-11(16(3,4)19(15)23)10-24-14(22)18-8-6-5-7-12(17)13(20)21/h9,12H,5-8,10,17H2,1-4H3,(H,18,22)(H,20,21)/t12-/m0/s1. The highest BCUT2D eigenvalue weighted by molar-refractivity contribution is 5.72. The summed E-state index contributed by atoms with van der Waals surface area (Å²) >= 11 is 0. The summed E-state index contributed by atoms with van der Waals surface area (Å²) in [6.07, 6.45) is 2.86. The molecule has 0 aromatic carbocycles. The van der Waals surface area contributed by atoms with E-state index in [9.17, 15) is 14.8 Å². The number of rotatable bonds is 8. The Morgan fingerprint density at radius 2 is 1.96 bits per heavy atom. The molecule has 0 aliphatic carbocycles. The molecule has 0 saturated carbocycles. The third-order valence-corrected chi connectivity index (χ3v) is 4.23. The first-order valence-corrected chi connectivity index (χ1v) is 8.07. The van der Waals surface area contributed by atoms with Crippen molar-refractivity contribution in [2.75, 3.05) is 13.2 Å². The third kappa shape index (κ3) is 5.19. The van der Waals surface area contributed by atoms with E-state index in [1.54, 1.807) is 13.8 Å². The number of carboxylic acid groups (broad SMARTS) is 1. The van der Waals surface area contributed by atoms with Crippen LogP contribution in [0.25, 0.3) is 0 Å². The Morgan fingerprint density at radius 1 is 1.33 bits per heavy atom. The molecule has 1 rings (SSSR count). The van der Waals surface area contributed by atoms with E-state index in [0.29, 0.717) is 25.8 Å². The van der Waals surface area contributed by atoms with Gasteiger partial charge in [0.15, 0.2) is 0 Å². The molecule has 1 atom stereocenters. The van der Waals surface area contributed by atoms with Gasteiger partial charge in [-0.1, -0.05) is 6.08 Å². The van der Waals surface area contributed by atoms with Crippen molar-refractivity contribution in [3.8, 4) is 0 Å². The van der Waals surface area contributed by atoms with Crippen LogP contribution in [0.1, 0.15) is 47.0 Å². The summed E-state index contributed by atoms with van der Waals surface area (Å²) in [5, 5.41) is 24.5. The molecule has 0 aromatic rings. The number of alkyl carbamates (subject to hydrolysis) is 1. The molecule has 0 saturated heterocycles. The number of ether oxygens (including phenoxy) is 1. The maximum Gasteiger partial charge on any atom is 0.407 e. The van der Waals surface area contributed by atoms with Gasteiger partial charge in [0.25, 0.3) is 0 Å². The van der Waals surface area contributed by atoms with E-state index in [4.69, 9.17) is 15.6 Å². The Morgan fingerprint density at radius 3 is 2.46 bits per heavy atom. The zero-order chi connectivity index (χ0) is 18.5. The Labute approximate surface area is 142 Å². The van der Waals surface area contributed by atoms with Crippen molar-refractivity contribution in [3.05, 3.63) is 11.6 Å². The fraction of sp³-hybridized carbons (Fsp3) is 0.750. The zero-order valence-electron chi connectivity index (χ0n) is 14.8. The van der Waals surface area contributed by atoms with E-state index >= 15 is 0 Å². The Bertz CT molecular complexity index is 502. The summed E-state index contributed by atoms with van der Waals surface area (Å²) in [4.78, 5) is 22.2. The smallest absolute Gasteiger partial charge is 0.407 e. The lowest BCUT2D eigenvalue weighted by Crippen LogP contribution is -2.47. The normalized spacial score (nSPS) is 20.3. The van der Waals surface area contributed by atoms with Gasteiger partial charge >= 0.3 is 12.1 Å². The van der Waals surface area contributed by atoms with Gasteiger partial charge in [0.1, 0.15) is 12.6 Å². The molecular formula is C16H28N3O5. The van der Waals surface area contributed by atoms with Crippen LogP contribution in [0, 0.1) is 0 Å². The quantitative estimate of drug-likeness (QED) is 0.453. The average Bonchev–Trinajstić information content (AvgIpc) is 2.64. The number of carbonyl (C=O) groups excluding carboxylic acids is 1. The van der Waals surface area contributed by atoms with Gasteiger partial charge in [-0.15, -0.1) is 10.3 Å². The number of hydroxylamine groups is 2. The number of nitrogens with two attached hydrogens (primary N) is 1. The summed E-state index contributed by atoms with van der Waals surface area (Å²) < 4.78 is 5.17. The SMILES string of the molecule is CC1(C)C=C(COC(=O)NCCCC[C@H](N)C(=O)O)C(C)(C)N1[O]. The van der Waals surface area contributed by atoms with E-state index in [-0.39, 0.29) is 6.61 Å². The summed E-state index contributed by atoms with van der Waals surface area (Å²) in [5.74, 6) is -1.02. The summed E-state index contributed by atoms with van der Waals surface area (Å²) in [7, 11) is 0. The second-order valence-electron chi connectivity index (χ2n) is 7.12. The molecule has 1 radical (unpaired) electrons. The maximum absolute atomic E-state index is 12.2. The third-order valence-electron chi connectivity index (χ3n) is 4.23. The van der Waals surface area contributed by atoms with Crippen LogP contribution in [-0.2, 0) is 14.7 Å². The summed E-state index contributed by atoms with van der Waals surface area (Å²) in [6, 6.07) is -0.869. The van der Waals surface area contributed by atoms with Gasteiger partial charge < -0.3 is 20.9 Å². The molecule has 0 spiro atoms. The molecule has 1 heterocycles. The lowest BCUT2D eigenvalue weighted by Gasteiger charge is -2.33. The lowest BCUT2D eigenvalue weighted by molar-refractivity contribution is -0.239. The van der Waals surface area contributed by atoms with Gasteiger partial charge in [0, 0.05) is 6.54 Å². The van der Waals surface area contributed by atoms with Crippen molar-refractivity contribution in [1.82, 2.24) is 10.4 Å². The van der Waals surface area contributed by atoms with Crippen molar-refractivity contribution in [2.24, 2.45) is 5.73 Å². The predicted octanol–water partition coefficient (Wildman–Crippen LogP) is 1.44. The molecule has 24 heavy (non-hydrogen) atoms. The number of hydrogen-bond acceptors (Lipinski definition) is 5. The summed E-state index contributed by atoms with van der Waals surface area (Å²) in [6.45, 7) is 7.67. The number of nitrogens with one attached hydrogen (secondary N) is 1. The highest BCUT2D eigenvalue weighted by atomic mass is 16.5. The van der Waals surface area contributed by atoms with Crippen LogP contribution in [0.4, 0.5) is 4.79 Å². The van der Waals surface area contributed by atoms with Crippen LogP contribution in [-0.4, -0.2) is 52.5 Å². The molecule has 137 valence electrons. The molecule has 4 N–H and O–H groups in total. The van der Waals surface area contributed by atoms with Crippen molar-refractivity contribution in [1.29, 1.82) is 0 Å². The largest absolute Gasteiger partial charge is 0.480 e. The van der Waals surface area contributed by atoms with Crippen LogP contribution in [0.5, 0.6) is 0 Å². The van der Waals surface area contributed by atoms with Gasteiger partial charge in [0.2, 0.25) is 0 Å². The minimum absolute atomic E-state index is 0.0604. The second-order valence-corrected chi connectivity index (χ2v) is 7.12. The maximum atomic E-state index is 12.2. The first kappa shape index (κ1) is 20.4. The molecule has 0 unspecified atom stereocenters. The summed E-state index contributed by atoms with van der Waals surface area (Å²) in [5.41, 5.74) is 4.82. The number of amides is 1. The molecular weight excluding hydrogens is 314 g/mol. The molecule has 0 bridgehead atoms. The first-order chi connectivity index (χ1) is 11.0. The van der Waals surface area contributed by atoms with Gasteiger partial charge in [-0.25, -0.2) is 4.79 Å². The fourth-order valence-corrected chi connectivity index (χ4v) is 2.73. The van der Waals surface area contributed by atoms with Gasteiger partial charge in [-0.05, 0) is 52.5 Å². The van der Waals surface area contributed by atoms with Gasteiger partial charge in [-0.2, -0.15) is 0 Å². The Kier molecular flexibility index (Phi) is 6.76. The predicted molar refractivity (Wildman–Crippen MR) is 87.6 cm³/mol. The molecule has 1 aliphatic heterocycles. The van der Waals surface area contributed by atoms with E-state index < -0.39 is 29.2 Å². The van der Waals surface area contributed by atoms with E-state index in [0.717, 1.165) is 10.6 Å². The first-order valence-electron chi connectivity index (χ1n) is 8.07. The molecule has 8 nitrogen and oxygen atoms in total. The van der Waals surface area contributed by atoms with E-state index in [2.05, 4.69) is 5.32 Å². The minimum Gasteiger partial charge on any atom is -0.480 e. The monoisotopic (exact) mass is 342 g/mol. The van der Waals surface area contributed by atoms with Crippen LogP contribution in [0.2, 0.25) is 0 Å². The second kappa shape index (κ2) is 7.96. The highest BCUT2D eigenvalue weighted by Crippen LogP contribution is 2.38. The van der Waals surface area contributed by atoms with Crippen molar-refractivity contribution < 1.29 is 24.6 Å². The molecule has 0 aromatic heterocycles. The average molecular weight is 342 g/mol. The zero-order valence-corrected chi connectivity index (χ0v) is 14.8. The van der Waals surface area contributed by atoms with Crippen LogP contribution in [0.15, 0.2) is 11.6 Å². The van der Waals surface area contributed by atoms with Gasteiger partial charge in [0.05, 0.1) is 11.1 Å². The van der Waals surface area contributed by atoms with Crippen LogP contribution < -0.4 is 11.1 Å². The van der Waals surface area contributed by atoms with Crippen molar-refractivity contribution in [3.63, 3.8) is 0 Å². The van der Waals surface area contributed by atoms with Crippen LogP contribution in [0.3, 0.4) is 0 Å². The molecule has 0 fully saturated rings. The number of carbonyl (C=O) groups is 2. The molecule has 1 amide bonds. The van der Waals surface area contributed by atoms with Gasteiger partial charge in [-0.3, -0.25) is 4.79 Å². The number of carboxylic acids is 1. The minimum atomic E-state index is -1.02. The number of aliphatic carboxylic acids is 1. The van der Waals surface area contributed by atoms with Crippen molar-refractivity contribution >= 4 is 12.1 Å². The topological polar surface area (TPSA) is 125 Å². The van der Waals surface area contributed by atoms with E-state index in [1.807, 2.05) is 19.9 Å². The van der Waals surface area contributed by atoms with E-state index in [1.165, 1.54) is 0 Å². The fourth-order valence-electron chi connectivity index (χ4n) is 2.73. The number of hydrogen-bond donors (Lipinski definition) is 3. The van der Waals surface area contributed by atoms with Crippen LogP contribution >= 0.6 is 0 Å². The Balaban J connectivity index is 2.29. The lowest BCUT2D eigenvalue weighted by atomic mass is 9.97. The van der Waals surface area contributed by atoms with Crippen molar-refractivity contribution in [2.45, 2.75) is 64.1 Å². The Hall–Kier alpha value is -1.64. The number of unbranched alkanes of at least 4 members (excludes halogenated alkanes) is 1.